The molecule has 1 aliphatic heterocycles. The SMILES string of the molecule is C#CCOCC(O)CN1CCN(Cc2nc(C(=O)NCc3ccc(F)cc3)co2)CC1. The topological polar surface area (TPSA) is 91.1 Å². The molecule has 0 spiro atoms. The molecule has 2 aromatic rings. The van der Waals surface area contributed by atoms with Gasteiger partial charge in [0.25, 0.3) is 5.91 Å². The quantitative estimate of drug-likeness (QED) is 0.427. The van der Waals surface area contributed by atoms with Gasteiger partial charge in [-0.2, -0.15) is 0 Å². The van der Waals surface area contributed by atoms with E-state index >= 15 is 0 Å². The van der Waals surface area contributed by atoms with E-state index in [1.54, 1.807) is 12.1 Å². The number of aliphatic hydroxyl groups excluding tert-OH is 1. The molecule has 1 fully saturated rings. The van der Waals surface area contributed by atoms with Crippen LogP contribution in [0.3, 0.4) is 0 Å². The minimum absolute atomic E-state index is 0.202. The largest absolute Gasteiger partial charge is 0.447 e. The summed E-state index contributed by atoms with van der Waals surface area (Å²) >= 11 is 0. The molecule has 3 rings (SSSR count). The normalized spacial score (nSPS) is 16.0. The van der Waals surface area contributed by atoms with Crippen molar-refractivity contribution in [2.75, 3.05) is 45.9 Å². The summed E-state index contributed by atoms with van der Waals surface area (Å²) in [4.78, 5) is 20.9. The summed E-state index contributed by atoms with van der Waals surface area (Å²) in [6, 6.07) is 5.94. The number of nitrogens with zero attached hydrogens (tertiary/aromatic N) is 3. The number of ether oxygens (including phenoxy) is 1. The molecule has 1 aromatic carbocycles. The standard InChI is InChI=1S/C22H27FN4O4/c1-2-11-30-15-19(28)13-26-7-9-27(10-8-26)14-21-25-20(16-31-21)22(29)24-12-17-3-5-18(23)6-4-17/h1,3-6,16,19,28H,7-15H2,(H,24,29). The Morgan fingerprint density at radius 3 is 2.71 bits per heavy atom. The van der Waals surface area contributed by atoms with Gasteiger partial charge in [-0.15, -0.1) is 6.42 Å². The van der Waals surface area contributed by atoms with Crippen molar-refractivity contribution in [2.24, 2.45) is 0 Å². The Balaban J connectivity index is 1.38. The average molecular weight is 430 g/mol. The molecule has 8 nitrogen and oxygen atoms in total. The fourth-order valence-corrected chi connectivity index (χ4v) is 3.29. The van der Waals surface area contributed by atoms with Crippen LogP contribution in [0.2, 0.25) is 0 Å². The van der Waals surface area contributed by atoms with Gasteiger partial charge in [0, 0.05) is 39.3 Å². The first-order valence-electron chi connectivity index (χ1n) is 10.1. The van der Waals surface area contributed by atoms with Crippen molar-refractivity contribution in [3.63, 3.8) is 0 Å². The number of terminal acetylenes is 1. The molecule has 166 valence electrons. The first-order valence-corrected chi connectivity index (χ1v) is 10.1. The van der Waals surface area contributed by atoms with Crippen LogP contribution in [0.4, 0.5) is 4.39 Å². The molecule has 1 aliphatic rings. The molecule has 9 heteroatoms. The van der Waals surface area contributed by atoms with Gasteiger partial charge in [0.05, 0.1) is 19.3 Å². The smallest absolute Gasteiger partial charge is 0.273 e. The second kappa shape index (κ2) is 11.6. The second-order valence-corrected chi connectivity index (χ2v) is 7.39. The van der Waals surface area contributed by atoms with Crippen molar-refractivity contribution >= 4 is 5.91 Å². The van der Waals surface area contributed by atoms with Gasteiger partial charge < -0.3 is 19.6 Å². The zero-order valence-electron chi connectivity index (χ0n) is 17.3. The predicted octanol–water partition coefficient (Wildman–Crippen LogP) is 0.872. The maximum absolute atomic E-state index is 12.9. The molecule has 0 bridgehead atoms. The molecule has 31 heavy (non-hydrogen) atoms. The van der Waals surface area contributed by atoms with Crippen molar-refractivity contribution in [1.29, 1.82) is 0 Å². The number of carbonyl (C=O) groups is 1. The highest BCUT2D eigenvalue weighted by atomic mass is 19.1. The summed E-state index contributed by atoms with van der Waals surface area (Å²) in [5.74, 6) is 2.19. The van der Waals surface area contributed by atoms with Crippen LogP contribution in [0, 0.1) is 18.2 Å². The van der Waals surface area contributed by atoms with Gasteiger partial charge in [-0.05, 0) is 17.7 Å². The summed E-state index contributed by atoms with van der Waals surface area (Å²) in [6.07, 6.45) is 5.90. The van der Waals surface area contributed by atoms with Gasteiger partial charge in [-0.1, -0.05) is 18.1 Å². The van der Waals surface area contributed by atoms with E-state index in [1.165, 1.54) is 18.4 Å². The number of halogens is 1. The summed E-state index contributed by atoms with van der Waals surface area (Å²) < 4.78 is 23.6. The minimum Gasteiger partial charge on any atom is -0.447 e. The lowest BCUT2D eigenvalue weighted by molar-refractivity contribution is 0.0146. The Kier molecular flexibility index (Phi) is 8.55. The lowest BCUT2D eigenvalue weighted by Gasteiger charge is -2.34. The molecule has 2 heterocycles. The number of piperazine rings is 1. The summed E-state index contributed by atoms with van der Waals surface area (Å²) in [7, 11) is 0. The van der Waals surface area contributed by atoms with Gasteiger partial charge in [0.1, 0.15) is 18.7 Å². The van der Waals surface area contributed by atoms with Crippen LogP contribution >= 0.6 is 0 Å². The van der Waals surface area contributed by atoms with Gasteiger partial charge >= 0.3 is 0 Å². The van der Waals surface area contributed by atoms with Gasteiger partial charge in [-0.25, -0.2) is 9.37 Å². The van der Waals surface area contributed by atoms with Gasteiger partial charge in [0.15, 0.2) is 5.69 Å². The van der Waals surface area contributed by atoms with Gasteiger partial charge in [0.2, 0.25) is 5.89 Å². The van der Waals surface area contributed by atoms with E-state index in [1.807, 2.05) is 0 Å². The molecule has 0 saturated carbocycles. The minimum atomic E-state index is -0.567. The molecule has 1 atom stereocenters. The van der Waals surface area contributed by atoms with Gasteiger partial charge in [-0.3, -0.25) is 14.6 Å². The highest BCUT2D eigenvalue weighted by molar-refractivity contribution is 5.91. The number of oxazole rings is 1. The number of aliphatic hydroxyl groups is 1. The fraction of sp³-hybridized carbons (Fsp3) is 0.455. The second-order valence-electron chi connectivity index (χ2n) is 7.39. The number of amides is 1. The van der Waals surface area contributed by atoms with E-state index in [4.69, 9.17) is 15.6 Å². The third-order valence-electron chi connectivity index (χ3n) is 4.94. The van der Waals surface area contributed by atoms with Crippen LogP contribution in [-0.2, 0) is 17.8 Å². The van der Waals surface area contributed by atoms with E-state index in [0.29, 0.717) is 19.0 Å². The fourth-order valence-electron chi connectivity index (χ4n) is 3.29. The zero-order valence-corrected chi connectivity index (χ0v) is 17.3. The number of hydrogen-bond acceptors (Lipinski definition) is 7. The van der Waals surface area contributed by atoms with Crippen molar-refractivity contribution in [3.8, 4) is 12.3 Å². The number of benzene rings is 1. The monoisotopic (exact) mass is 430 g/mol. The summed E-state index contributed by atoms with van der Waals surface area (Å²) in [6.45, 7) is 4.96. The number of rotatable bonds is 10. The Hall–Kier alpha value is -2.77. The number of nitrogens with one attached hydrogen (secondary N) is 1. The molecule has 1 unspecified atom stereocenters. The van der Waals surface area contributed by atoms with Crippen molar-refractivity contribution < 1.29 is 23.4 Å². The van der Waals surface area contributed by atoms with E-state index in [9.17, 15) is 14.3 Å². The van der Waals surface area contributed by atoms with Crippen LogP contribution < -0.4 is 5.32 Å². The van der Waals surface area contributed by atoms with Crippen molar-refractivity contribution in [3.05, 3.63) is 53.5 Å². The lowest BCUT2D eigenvalue weighted by Crippen LogP contribution is -2.48. The third-order valence-corrected chi connectivity index (χ3v) is 4.94. The first-order chi connectivity index (χ1) is 15.0. The average Bonchev–Trinajstić information content (AvgIpc) is 3.23. The Morgan fingerprint density at radius 1 is 1.29 bits per heavy atom. The molecular formula is C22H27FN4O4. The van der Waals surface area contributed by atoms with Crippen molar-refractivity contribution in [2.45, 2.75) is 19.2 Å². The van der Waals surface area contributed by atoms with E-state index in [-0.39, 0.29) is 37.2 Å². The molecule has 2 N–H and O–H groups in total. The third kappa shape index (κ3) is 7.45. The Bertz CT molecular complexity index is 872. The maximum atomic E-state index is 12.9. The van der Waals surface area contributed by atoms with Crippen LogP contribution in [0.1, 0.15) is 21.9 Å². The first kappa shape index (κ1) is 22.9. The number of carbonyl (C=O) groups excluding carboxylic acids is 1. The Morgan fingerprint density at radius 2 is 2.00 bits per heavy atom. The number of aromatic nitrogens is 1. The highest BCUT2D eigenvalue weighted by Gasteiger charge is 2.21. The Labute approximate surface area is 181 Å². The summed E-state index contributed by atoms with van der Waals surface area (Å²) in [5, 5.41) is 12.7. The van der Waals surface area contributed by atoms with E-state index in [0.717, 1.165) is 31.7 Å². The molecule has 1 aromatic heterocycles. The maximum Gasteiger partial charge on any atom is 0.273 e. The molecule has 0 aliphatic carbocycles. The van der Waals surface area contributed by atoms with E-state index < -0.39 is 6.10 Å². The predicted molar refractivity (Wildman–Crippen MR) is 111 cm³/mol. The van der Waals surface area contributed by atoms with E-state index in [2.05, 4.69) is 26.0 Å². The number of β-amino-alcohol motifs (C(OH)–C–C–N with tert-alkyl or cyclic N) is 1. The zero-order chi connectivity index (χ0) is 22.1. The van der Waals surface area contributed by atoms with Crippen LogP contribution in [-0.4, -0.2) is 77.8 Å². The van der Waals surface area contributed by atoms with Crippen LogP contribution in [0.5, 0.6) is 0 Å². The molecular weight excluding hydrogens is 403 g/mol. The summed E-state index contributed by atoms with van der Waals surface area (Å²) in [5.41, 5.74) is 1.01. The van der Waals surface area contributed by atoms with Crippen LogP contribution in [0.25, 0.3) is 0 Å². The molecule has 1 saturated heterocycles. The lowest BCUT2D eigenvalue weighted by atomic mass is 10.2. The molecule has 0 radical (unpaired) electrons. The van der Waals surface area contributed by atoms with Crippen LogP contribution in [0.15, 0.2) is 34.9 Å². The number of hydrogen-bond donors (Lipinski definition) is 2. The molecule has 1 amide bonds. The highest BCUT2D eigenvalue weighted by Crippen LogP contribution is 2.10. The van der Waals surface area contributed by atoms with Crippen molar-refractivity contribution in [1.82, 2.24) is 20.1 Å².